The Morgan fingerprint density at radius 3 is 2.78 bits per heavy atom. The second kappa shape index (κ2) is 8.95. The summed E-state index contributed by atoms with van der Waals surface area (Å²) in [5.74, 6) is 1.37. The number of hydrogen-bond acceptors (Lipinski definition) is 7. The van der Waals surface area contributed by atoms with Crippen LogP contribution in [-0.4, -0.2) is 65.2 Å². The van der Waals surface area contributed by atoms with Crippen molar-refractivity contribution in [3.63, 3.8) is 0 Å². The van der Waals surface area contributed by atoms with Crippen molar-refractivity contribution in [2.24, 2.45) is 5.73 Å². The molecule has 2 N–H and O–H groups in total. The first-order valence-corrected chi connectivity index (χ1v) is 8.28. The van der Waals surface area contributed by atoms with Crippen LogP contribution < -0.4 is 5.73 Å². The van der Waals surface area contributed by atoms with Gasteiger partial charge in [-0.1, -0.05) is 5.16 Å². The minimum absolute atomic E-state index is 0.158. The number of ether oxygens (including phenoxy) is 1. The van der Waals surface area contributed by atoms with Crippen LogP contribution in [0.3, 0.4) is 0 Å². The van der Waals surface area contributed by atoms with Gasteiger partial charge in [0.05, 0.1) is 6.54 Å². The predicted molar refractivity (Wildman–Crippen MR) is 84.5 cm³/mol. The van der Waals surface area contributed by atoms with Gasteiger partial charge in [0.15, 0.2) is 5.82 Å². The first-order valence-electron chi connectivity index (χ1n) is 8.28. The molecule has 1 aliphatic rings. The van der Waals surface area contributed by atoms with Crippen molar-refractivity contribution in [3.05, 3.63) is 11.7 Å². The van der Waals surface area contributed by atoms with Crippen LogP contribution in [0, 0.1) is 0 Å². The summed E-state index contributed by atoms with van der Waals surface area (Å²) in [6, 6.07) is 0. The zero-order chi connectivity index (χ0) is 16.7. The fourth-order valence-electron chi connectivity index (χ4n) is 2.58. The molecule has 2 rings (SSSR count). The Labute approximate surface area is 136 Å². The lowest BCUT2D eigenvalue weighted by molar-refractivity contribution is -0.133. The van der Waals surface area contributed by atoms with Crippen molar-refractivity contribution in [2.45, 2.75) is 39.3 Å². The summed E-state index contributed by atoms with van der Waals surface area (Å²) >= 11 is 0. The molecular weight excluding hydrogens is 298 g/mol. The van der Waals surface area contributed by atoms with Gasteiger partial charge in [0.25, 0.3) is 0 Å². The van der Waals surface area contributed by atoms with Crippen LogP contribution >= 0.6 is 0 Å². The smallest absolute Gasteiger partial charge is 0.240 e. The molecule has 1 aromatic heterocycles. The first-order chi connectivity index (χ1) is 11.1. The minimum atomic E-state index is -0.158. The third-order valence-corrected chi connectivity index (χ3v) is 3.94. The van der Waals surface area contributed by atoms with Gasteiger partial charge >= 0.3 is 0 Å². The van der Waals surface area contributed by atoms with Gasteiger partial charge in [0.1, 0.15) is 6.10 Å². The van der Waals surface area contributed by atoms with E-state index in [0.29, 0.717) is 37.8 Å². The van der Waals surface area contributed by atoms with Gasteiger partial charge in [-0.2, -0.15) is 4.98 Å². The molecule has 8 heteroatoms. The van der Waals surface area contributed by atoms with Crippen molar-refractivity contribution in [1.29, 1.82) is 0 Å². The first kappa shape index (κ1) is 17.8. The highest BCUT2D eigenvalue weighted by atomic mass is 16.5. The molecule has 1 saturated heterocycles. The molecule has 1 amide bonds. The number of piperazine rings is 1. The van der Waals surface area contributed by atoms with Gasteiger partial charge < -0.3 is 19.9 Å². The SMILES string of the molecule is CCOC(C)c1noc(CN2CCN(C(=O)CCCN)CC2)n1. The van der Waals surface area contributed by atoms with Gasteiger partial charge in [-0.15, -0.1) is 0 Å². The van der Waals surface area contributed by atoms with Crippen LogP contribution in [0.25, 0.3) is 0 Å². The Hall–Kier alpha value is -1.51. The molecule has 1 atom stereocenters. The number of rotatable bonds is 8. The van der Waals surface area contributed by atoms with E-state index in [9.17, 15) is 4.79 Å². The molecule has 0 radical (unpaired) electrons. The predicted octanol–water partition coefficient (Wildman–Crippen LogP) is 0.550. The van der Waals surface area contributed by atoms with E-state index in [1.54, 1.807) is 0 Å². The number of carbonyl (C=O) groups excluding carboxylic acids is 1. The molecule has 1 fully saturated rings. The van der Waals surface area contributed by atoms with Crippen LogP contribution in [-0.2, 0) is 16.1 Å². The molecule has 2 heterocycles. The second-order valence-electron chi connectivity index (χ2n) is 5.69. The molecule has 0 bridgehead atoms. The summed E-state index contributed by atoms with van der Waals surface area (Å²) in [5.41, 5.74) is 5.45. The molecule has 8 nitrogen and oxygen atoms in total. The van der Waals surface area contributed by atoms with Crippen LogP contribution in [0.4, 0.5) is 0 Å². The number of amides is 1. The summed E-state index contributed by atoms with van der Waals surface area (Å²) in [5, 5.41) is 3.96. The van der Waals surface area contributed by atoms with E-state index in [0.717, 1.165) is 32.6 Å². The van der Waals surface area contributed by atoms with E-state index in [4.69, 9.17) is 15.0 Å². The van der Waals surface area contributed by atoms with Crippen molar-refractivity contribution in [3.8, 4) is 0 Å². The molecule has 0 spiro atoms. The summed E-state index contributed by atoms with van der Waals surface area (Å²) < 4.78 is 10.7. The fraction of sp³-hybridized carbons (Fsp3) is 0.800. The topological polar surface area (TPSA) is 97.7 Å². The Morgan fingerprint density at radius 1 is 1.39 bits per heavy atom. The van der Waals surface area contributed by atoms with Crippen LogP contribution in [0.2, 0.25) is 0 Å². The molecule has 1 aliphatic heterocycles. The summed E-state index contributed by atoms with van der Waals surface area (Å²) in [6.07, 6.45) is 1.13. The van der Waals surface area contributed by atoms with Crippen molar-refractivity contribution >= 4 is 5.91 Å². The normalized spacial score (nSPS) is 17.4. The molecule has 0 aliphatic carbocycles. The number of nitrogens with two attached hydrogens (primary N) is 1. The highest BCUT2D eigenvalue weighted by molar-refractivity contribution is 5.76. The number of nitrogens with zero attached hydrogens (tertiary/aromatic N) is 4. The van der Waals surface area contributed by atoms with E-state index >= 15 is 0 Å². The Morgan fingerprint density at radius 2 is 2.13 bits per heavy atom. The minimum Gasteiger partial charge on any atom is -0.371 e. The molecular formula is C15H27N5O3. The molecule has 1 aromatic rings. The number of carbonyl (C=O) groups is 1. The average molecular weight is 325 g/mol. The van der Waals surface area contributed by atoms with Crippen molar-refractivity contribution in [1.82, 2.24) is 19.9 Å². The van der Waals surface area contributed by atoms with Crippen molar-refractivity contribution < 1.29 is 14.1 Å². The van der Waals surface area contributed by atoms with Crippen LogP contribution in [0.5, 0.6) is 0 Å². The largest absolute Gasteiger partial charge is 0.371 e. The lowest BCUT2D eigenvalue weighted by Gasteiger charge is -2.34. The quantitative estimate of drug-likeness (QED) is 0.745. The third kappa shape index (κ3) is 5.26. The van der Waals surface area contributed by atoms with Crippen molar-refractivity contribution in [2.75, 3.05) is 39.3 Å². The van der Waals surface area contributed by atoms with Gasteiger partial charge in [-0.05, 0) is 26.8 Å². The van der Waals surface area contributed by atoms with Crippen LogP contribution in [0.1, 0.15) is 44.5 Å². The zero-order valence-corrected chi connectivity index (χ0v) is 14.0. The standard InChI is InChI=1S/C15H27N5O3/c1-3-22-12(2)15-17-13(23-18-15)11-19-7-9-20(10-8-19)14(21)5-4-6-16/h12H,3-11,16H2,1-2H3. The Kier molecular flexibility index (Phi) is 6.94. The summed E-state index contributed by atoms with van der Waals surface area (Å²) in [7, 11) is 0. The maximum atomic E-state index is 12.0. The monoisotopic (exact) mass is 325 g/mol. The molecule has 0 saturated carbocycles. The molecule has 23 heavy (non-hydrogen) atoms. The molecule has 1 unspecified atom stereocenters. The average Bonchev–Trinajstić information content (AvgIpc) is 3.02. The highest BCUT2D eigenvalue weighted by Crippen LogP contribution is 2.14. The zero-order valence-electron chi connectivity index (χ0n) is 14.0. The highest BCUT2D eigenvalue weighted by Gasteiger charge is 2.22. The lowest BCUT2D eigenvalue weighted by Crippen LogP contribution is -2.48. The van der Waals surface area contributed by atoms with E-state index in [-0.39, 0.29) is 12.0 Å². The van der Waals surface area contributed by atoms with E-state index < -0.39 is 0 Å². The Balaban J connectivity index is 1.77. The fourth-order valence-corrected chi connectivity index (χ4v) is 2.58. The maximum Gasteiger partial charge on any atom is 0.240 e. The summed E-state index contributed by atoms with van der Waals surface area (Å²) in [4.78, 5) is 20.5. The number of aromatic nitrogens is 2. The second-order valence-corrected chi connectivity index (χ2v) is 5.69. The third-order valence-electron chi connectivity index (χ3n) is 3.94. The van der Waals surface area contributed by atoms with E-state index in [1.165, 1.54) is 0 Å². The van der Waals surface area contributed by atoms with Crippen LogP contribution in [0.15, 0.2) is 4.52 Å². The number of hydrogen-bond donors (Lipinski definition) is 1. The van der Waals surface area contributed by atoms with Gasteiger partial charge in [-0.25, -0.2) is 0 Å². The summed E-state index contributed by atoms with van der Waals surface area (Å²) in [6.45, 7) is 8.72. The molecule has 130 valence electrons. The molecule has 0 aromatic carbocycles. The maximum absolute atomic E-state index is 12.0. The van der Waals surface area contributed by atoms with Gasteiger partial charge in [0.2, 0.25) is 11.8 Å². The van der Waals surface area contributed by atoms with E-state index in [1.807, 2.05) is 18.7 Å². The van der Waals surface area contributed by atoms with Gasteiger partial charge in [-0.3, -0.25) is 9.69 Å². The van der Waals surface area contributed by atoms with Gasteiger partial charge in [0, 0.05) is 39.2 Å². The van der Waals surface area contributed by atoms with E-state index in [2.05, 4.69) is 15.0 Å². The lowest BCUT2D eigenvalue weighted by atomic mass is 10.2. The Bertz CT molecular complexity index is 485.